The first-order valence-corrected chi connectivity index (χ1v) is 22.6. The molecule has 3 saturated carbocycles. The summed E-state index contributed by atoms with van der Waals surface area (Å²) in [6.07, 6.45) is 17.2. The van der Waals surface area contributed by atoms with Crippen LogP contribution in [0.1, 0.15) is 99.0 Å². The van der Waals surface area contributed by atoms with Crippen molar-refractivity contribution in [3.8, 4) is 0 Å². The molecule has 7 heteroatoms. The summed E-state index contributed by atoms with van der Waals surface area (Å²) < 4.78 is 30.3. The van der Waals surface area contributed by atoms with Crippen molar-refractivity contribution in [2.45, 2.75) is 130 Å². The summed E-state index contributed by atoms with van der Waals surface area (Å²) in [6.45, 7) is 18.9. The van der Waals surface area contributed by atoms with Gasteiger partial charge in [-0.1, -0.05) is 88.8 Å². The van der Waals surface area contributed by atoms with E-state index in [9.17, 15) is 0 Å². The third-order valence-electron chi connectivity index (χ3n) is 15.2. The van der Waals surface area contributed by atoms with Crippen molar-refractivity contribution in [2.75, 3.05) is 20.3 Å². The average Bonchev–Trinajstić information content (AvgIpc) is 3.68. The molecule has 0 amide bonds. The van der Waals surface area contributed by atoms with Gasteiger partial charge in [-0.15, -0.1) is 0 Å². The molecule has 4 fully saturated rings. The largest absolute Gasteiger partial charge is 0.379 e. The van der Waals surface area contributed by atoms with E-state index in [0.29, 0.717) is 43.0 Å². The molecular weight excluding hydrogens is 741 g/mol. The Bertz CT molecular complexity index is 1410. The number of allylic oxidation sites excluding steroid dienone is 3. The molecule has 1 saturated heterocycles. The quantitative estimate of drug-likeness (QED) is 0.122. The number of halogens is 1. The fraction of sp³-hybridized carbons (Fsp3) is 0.762. The number of hydrogen-bond acceptors (Lipinski definition) is 6. The first kappa shape index (κ1) is 36.9. The lowest BCUT2D eigenvalue weighted by molar-refractivity contribution is -0.200. The first-order chi connectivity index (χ1) is 23.4. The maximum absolute atomic E-state index is 6.98. The van der Waals surface area contributed by atoms with Gasteiger partial charge in [0.15, 0.2) is 0 Å². The Balaban J connectivity index is 1.19. The van der Waals surface area contributed by atoms with Gasteiger partial charge in [-0.2, -0.15) is 0 Å². The zero-order valence-corrected chi connectivity index (χ0v) is 34.3. The summed E-state index contributed by atoms with van der Waals surface area (Å²) in [5.74, 6) is 2.15. The highest BCUT2D eigenvalue weighted by molar-refractivity contribution is 14.2. The van der Waals surface area contributed by atoms with Crippen LogP contribution in [0.2, 0.25) is 0 Å². The standard InChI is InChI=1S/C42H62INO4S/c1-27(2)35(47-24-31-13-10-9-11-14-31)40-18-12-19-41(25-40)20-17-33-32(39(41,7)21-22-40)15-16-34-38(6,26-48-36-29(4)42(33,34)36)37(30(5)45-8)46-23-28(3)44-49-43/h9-14,17,19,27-30,32,34-37,44H,15-16,18,20-26H2,1-8H3/t28?,29?,30-,32?,34?,35-,36?,37?,38+,39?,40+,41+,42?/m1/s1. The Hall–Kier alpha value is -0.420. The molecule has 8 unspecified atom stereocenters. The van der Waals surface area contributed by atoms with Crippen molar-refractivity contribution >= 4 is 30.3 Å². The zero-order valence-electron chi connectivity index (χ0n) is 31.3. The average molecular weight is 804 g/mol. The lowest BCUT2D eigenvalue weighted by Gasteiger charge is -2.67. The number of ether oxygens (including phenoxy) is 4. The highest BCUT2D eigenvalue weighted by Crippen LogP contribution is 2.80. The Labute approximate surface area is 313 Å². The molecule has 1 aromatic rings. The molecule has 2 spiro atoms. The minimum Gasteiger partial charge on any atom is -0.379 e. The SMILES string of the molecule is CO[C@H](C)C(OCC(C)NSI)[C@@]1(C)COC2C(C)C23C2=CC[C@]45C=CC[C@]([C@H](OCc6ccccc6)C(C)C)(CCC4(C)C2CCC31)C5. The molecule has 13 atom stereocenters. The molecule has 2 bridgehead atoms. The molecule has 6 aliphatic rings. The minimum absolute atomic E-state index is 0.00795. The molecule has 0 radical (unpaired) electrons. The van der Waals surface area contributed by atoms with Crippen molar-refractivity contribution in [1.29, 1.82) is 0 Å². The van der Waals surface area contributed by atoms with E-state index < -0.39 is 0 Å². The second kappa shape index (κ2) is 13.8. The second-order valence-electron chi connectivity index (χ2n) is 18.0. The van der Waals surface area contributed by atoms with E-state index in [1.54, 1.807) is 14.7 Å². The van der Waals surface area contributed by atoms with Crippen LogP contribution in [0.15, 0.2) is 54.1 Å². The molecule has 49 heavy (non-hydrogen) atoms. The van der Waals surface area contributed by atoms with E-state index in [0.717, 1.165) is 19.4 Å². The Morgan fingerprint density at radius 1 is 1.02 bits per heavy atom. The monoisotopic (exact) mass is 803 g/mol. The van der Waals surface area contributed by atoms with Crippen LogP contribution >= 0.6 is 30.3 Å². The number of nitrogens with one attached hydrogen (secondary N) is 1. The zero-order chi connectivity index (χ0) is 34.8. The van der Waals surface area contributed by atoms with Gasteiger partial charge in [0.25, 0.3) is 0 Å². The summed E-state index contributed by atoms with van der Waals surface area (Å²) in [4.78, 5) is 0. The van der Waals surface area contributed by atoms with Crippen molar-refractivity contribution in [3.63, 3.8) is 0 Å². The number of benzene rings is 1. The lowest BCUT2D eigenvalue weighted by atomic mass is 9.37. The van der Waals surface area contributed by atoms with Crippen molar-refractivity contribution in [2.24, 2.45) is 50.7 Å². The van der Waals surface area contributed by atoms with Gasteiger partial charge in [0.2, 0.25) is 0 Å². The van der Waals surface area contributed by atoms with Crippen LogP contribution in [-0.4, -0.2) is 50.8 Å². The van der Waals surface area contributed by atoms with E-state index in [4.69, 9.17) is 18.9 Å². The predicted octanol–water partition coefficient (Wildman–Crippen LogP) is 10.1. The minimum atomic E-state index is -0.122. The molecule has 272 valence electrons. The van der Waals surface area contributed by atoms with Crippen LogP contribution in [0, 0.1) is 50.7 Å². The summed E-state index contributed by atoms with van der Waals surface area (Å²) >= 11 is 2.30. The molecule has 1 heterocycles. The van der Waals surface area contributed by atoms with E-state index in [1.807, 2.05) is 7.11 Å². The predicted molar refractivity (Wildman–Crippen MR) is 209 cm³/mol. The topological polar surface area (TPSA) is 49.0 Å². The van der Waals surface area contributed by atoms with Gasteiger partial charge >= 0.3 is 0 Å². The number of methoxy groups -OCH3 is 1. The lowest BCUT2D eigenvalue weighted by Crippen LogP contribution is -2.62. The van der Waals surface area contributed by atoms with Gasteiger partial charge in [0.05, 0.1) is 44.2 Å². The van der Waals surface area contributed by atoms with Gasteiger partial charge in [0.1, 0.15) is 0 Å². The molecule has 5 aliphatic carbocycles. The van der Waals surface area contributed by atoms with Crippen molar-refractivity contribution in [1.82, 2.24) is 4.72 Å². The number of fused-ring (bicyclic) bond motifs is 3. The van der Waals surface area contributed by atoms with Gasteiger partial charge in [-0.25, -0.2) is 0 Å². The highest BCUT2D eigenvalue weighted by Gasteiger charge is 2.79. The molecule has 0 aromatic heterocycles. The molecule has 1 aromatic carbocycles. The summed E-state index contributed by atoms with van der Waals surface area (Å²) in [5.41, 5.74) is 3.66. The van der Waals surface area contributed by atoms with Gasteiger partial charge in [0, 0.05) is 50.6 Å². The van der Waals surface area contributed by atoms with Crippen LogP contribution in [-0.2, 0) is 25.6 Å². The summed E-state index contributed by atoms with van der Waals surface area (Å²) in [5, 5.41) is 0. The van der Waals surface area contributed by atoms with Gasteiger partial charge < -0.3 is 18.9 Å². The Morgan fingerprint density at radius 3 is 2.51 bits per heavy atom. The van der Waals surface area contributed by atoms with E-state index >= 15 is 0 Å². The molecule has 1 aliphatic heterocycles. The molecule has 1 N–H and O–H groups in total. The number of rotatable bonds is 13. The maximum atomic E-state index is 6.98. The first-order valence-electron chi connectivity index (χ1n) is 19.3. The normalized spacial score (nSPS) is 42.9. The second-order valence-corrected chi connectivity index (χ2v) is 19.7. The third-order valence-corrected chi connectivity index (χ3v) is 16.5. The van der Waals surface area contributed by atoms with Gasteiger partial charge in [-0.05, 0) is 108 Å². The van der Waals surface area contributed by atoms with E-state index in [1.165, 1.54) is 37.7 Å². The fourth-order valence-electron chi connectivity index (χ4n) is 12.9. The van der Waals surface area contributed by atoms with E-state index in [2.05, 4.69) is 123 Å². The smallest absolute Gasteiger partial charge is 0.0912 e. The Morgan fingerprint density at radius 2 is 1.80 bits per heavy atom. The fourth-order valence-corrected chi connectivity index (χ4v) is 14.4. The molecule has 7 rings (SSSR count). The van der Waals surface area contributed by atoms with Crippen LogP contribution in [0.25, 0.3) is 0 Å². The van der Waals surface area contributed by atoms with Crippen molar-refractivity contribution < 1.29 is 18.9 Å². The molecular formula is C42H62INO4S. The van der Waals surface area contributed by atoms with E-state index in [-0.39, 0.29) is 51.4 Å². The summed E-state index contributed by atoms with van der Waals surface area (Å²) in [7, 11) is 3.47. The van der Waals surface area contributed by atoms with Gasteiger partial charge in [-0.3, -0.25) is 4.72 Å². The van der Waals surface area contributed by atoms with Crippen LogP contribution in [0.4, 0.5) is 0 Å². The highest BCUT2D eigenvalue weighted by atomic mass is 127. The third kappa shape index (κ3) is 5.71. The Kier molecular flexibility index (Phi) is 10.4. The molecule has 5 nitrogen and oxygen atoms in total. The number of hydrogen-bond donors (Lipinski definition) is 1. The van der Waals surface area contributed by atoms with Crippen molar-refractivity contribution in [3.05, 3.63) is 59.7 Å². The summed E-state index contributed by atoms with van der Waals surface area (Å²) in [6, 6.07) is 11.0. The van der Waals surface area contributed by atoms with Crippen LogP contribution in [0.3, 0.4) is 0 Å². The maximum Gasteiger partial charge on any atom is 0.0912 e. The van der Waals surface area contributed by atoms with Crippen LogP contribution in [0.5, 0.6) is 0 Å². The van der Waals surface area contributed by atoms with Crippen LogP contribution < -0.4 is 4.72 Å².